The van der Waals surface area contributed by atoms with E-state index in [4.69, 9.17) is 4.74 Å². The monoisotopic (exact) mass is 144 g/mol. The second kappa shape index (κ2) is 3.74. The third kappa shape index (κ3) is 2.50. The van der Waals surface area contributed by atoms with Crippen LogP contribution in [0.3, 0.4) is 0 Å². The second-order valence-corrected chi connectivity index (χ2v) is 3.10. The van der Waals surface area contributed by atoms with Gasteiger partial charge in [0.2, 0.25) is 0 Å². The summed E-state index contributed by atoms with van der Waals surface area (Å²) in [5, 5.41) is 9.32. The molecule has 0 aromatic heterocycles. The van der Waals surface area contributed by atoms with Gasteiger partial charge in [0.15, 0.2) is 0 Å². The molecule has 0 aliphatic rings. The molecule has 0 aliphatic carbocycles. The molecular weight excluding hydrogens is 128 g/mol. The zero-order chi connectivity index (χ0) is 8.20. The molecule has 0 heterocycles. The standard InChI is InChI=1S/C8H16O2/c1-5-7(9)8(2,3)6-10-4/h5,7,9H,1,6H2,2-4H3. The lowest BCUT2D eigenvalue weighted by atomic mass is 9.88. The van der Waals surface area contributed by atoms with Gasteiger partial charge >= 0.3 is 0 Å². The highest BCUT2D eigenvalue weighted by Gasteiger charge is 2.24. The molecule has 0 aromatic rings. The summed E-state index contributed by atoms with van der Waals surface area (Å²) in [4.78, 5) is 0. The van der Waals surface area contributed by atoms with Gasteiger partial charge in [-0.15, -0.1) is 6.58 Å². The molecule has 0 amide bonds. The first-order chi connectivity index (χ1) is 4.54. The van der Waals surface area contributed by atoms with Gasteiger partial charge in [0.05, 0.1) is 12.7 Å². The third-order valence-corrected chi connectivity index (χ3v) is 1.54. The van der Waals surface area contributed by atoms with Gasteiger partial charge in [-0.2, -0.15) is 0 Å². The smallest absolute Gasteiger partial charge is 0.0791 e. The van der Waals surface area contributed by atoms with E-state index in [0.717, 1.165) is 0 Å². The van der Waals surface area contributed by atoms with Crippen LogP contribution in [-0.2, 0) is 4.74 Å². The molecular formula is C8H16O2. The van der Waals surface area contributed by atoms with Crippen molar-refractivity contribution in [2.24, 2.45) is 5.41 Å². The van der Waals surface area contributed by atoms with Crippen LogP contribution >= 0.6 is 0 Å². The average molecular weight is 144 g/mol. The molecule has 0 radical (unpaired) electrons. The van der Waals surface area contributed by atoms with E-state index in [1.54, 1.807) is 7.11 Å². The summed E-state index contributed by atoms with van der Waals surface area (Å²) in [7, 11) is 1.62. The zero-order valence-electron chi connectivity index (χ0n) is 6.92. The van der Waals surface area contributed by atoms with Crippen LogP contribution in [0.2, 0.25) is 0 Å². The first-order valence-corrected chi connectivity index (χ1v) is 3.34. The molecule has 0 spiro atoms. The number of rotatable bonds is 4. The molecule has 0 bridgehead atoms. The van der Waals surface area contributed by atoms with Crippen molar-refractivity contribution in [3.63, 3.8) is 0 Å². The van der Waals surface area contributed by atoms with Crippen molar-refractivity contribution in [1.82, 2.24) is 0 Å². The number of methoxy groups -OCH3 is 1. The Balaban J connectivity index is 3.94. The molecule has 10 heavy (non-hydrogen) atoms. The summed E-state index contributed by atoms with van der Waals surface area (Å²) < 4.78 is 4.92. The Kier molecular flexibility index (Phi) is 3.61. The van der Waals surface area contributed by atoms with Crippen molar-refractivity contribution >= 4 is 0 Å². The number of aliphatic hydroxyl groups is 1. The maximum Gasteiger partial charge on any atom is 0.0791 e. The number of ether oxygens (including phenoxy) is 1. The van der Waals surface area contributed by atoms with Crippen molar-refractivity contribution in [3.8, 4) is 0 Å². The maximum absolute atomic E-state index is 9.32. The summed E-state index contributed by atoms with van der Waals surface area (Å²) in [5.74, 6) is 0. The van der Waals surface area contributed by atoms with Gasteiger partial charge in [-0.05, 0) is 0 Å². The van der Waals surface area contributed by atoms with Crippen molar-refractivity contribution < 1.29 is 9.84 Å². The molecule has 0 saturated carbocycles. The van der Waals surface area contributed by atoms with Gasteiger partial charge in [-0.25, -0.2) is 0 Å². The van der Waals surface area contributed by atoms with Gasteiger partial charge < -0.3 is 9.84 Å². The fourth-order valence-electron chi connectivity index (χ4n) is 0.776. The number of hydrogen-bond acceptors (Lipinski definition) is 2. The molecule has 2 nitrogen and oxygen atoms in total. The maximum atomic E-state index is 9.32. The van der Waals surface area contributed by atoms with E-state index in [-0.39, 0.29) is 5.41 Å². The summed E-state index contributed by atoms with van der Waals surface area (Å²) >= 11 is 0. The van der Waals surface area contributed by atoms with Gasteiger partial charge in [0, 0.05) is 12.5 Å². The fourth-order valence-corrected chi connectivity index (χ4v) is 0.776. The highest BCUT2D eigenvalue weighted by molar-refractivity contribution is 4.90. The lowest BCUT2D eigenvalue weighted by Crippen LogP contribution is -2.31. The van der Waals surface area contributed by atoms with Gasteiger partial charge in [0.25, 0.3) is 0 Å². The number of hydrogen-bond donors (Lipinski definition) is 1. The Labute approximate surface area is 62.5 Å². The quantitative estimate of drug-likeness (QED) is 0.601. The van der Waals surface area contributed by atoms with Crippen molar-refractivity contribution in [2.75, 3.05) is 13.7 Å². The minimum absolute atomic E-state index is 0.226. The van der Waals surface area contributed by atoms with Crippen LogP contribution in [0.4, 0.5) is 0 Å². The van der Waals surface area contributed by atoms with Crippen molar-refractivity contribution in [1.29, 1.82) is 0 Å². The van der Waals surface area contributed by atoms with E-state index in [0.29, 0.717) is 6.61 Å². The Hall–Kier alpha value is -0.340. The van der Waals surface area contributed by atoms with Crippen LogP contribution in [0.15, 0.2) is 12.7 Å². The summed E-state index contributed by atoms with van der Waals surface area (Å²) in [5.41, 5.74) is -0.226. The van der Waals surface area contributed by atoms with Crippen LogP contribution in [0, 0.1) is 5.41 Å². The van der Waals surface area contributed by atoms with E-state index in [2.05, 4.69) is 6.58 Å². The summed E-state index contributed by atoms with van der Waals surface area (Å²) in [6.45, 7) is 7.91. The van der Waals surface area contributed by atoms with Gasteiger partial charge in [-0.1, -0.05) is 19.9 Å². The highest BCUT2D eigenvalue weighted by Crippen LogP contribution is 2.20. The molecule has 0 aromatic carbocycles. The lowest BCUT2D eigenvalue weighted by molar-refractivity contribution is 0.0178. The Morgan fingerprint density at radius 3 is 2.50 bits per heavy atom. The van der Waals surface area contributed by atoms with Crippen molar-refractivity contribution in [3.05, 3.63) is 12.7 Å². The first kappa shape index (κ1) is 9.66. The minimum Gasteiger partial charge on any atom is -0.388 e. The molecule has 1 atom stereocenters. The van der Waals surface area contributed by atoms with E-state index in [1.807, 2.05) is 13.8 Å². The second-order valence-electron chi connectivity index (χ2n) is 3.10. The predicted molar refractivity (Wildman–Crippen MR) is 41.9 cm³/mol. The van der Waals surface area contributed by atoms with Gasteiger partial charge in [-0.3, -0.25) is 0 Å². The molecule has 0 aliphatic heterocycles. The van der Waals surface area contributed by atoms with Crippen LogP contribution < -0.4 is 0 Å². The van der Waals surface area contributed by atoms with Crippen LogP contribution in [0.1, 0.15) is 13.8 Å². The highest BCUT2D eigenvalue weighted by atomic mass is 16.5. The van der Waals surface area contributed by atoms with Crippen LogP contribution in [0.5, 0.6) is 0 Å². The average Bonchev–Trinajstić information content (AvgIpc) is 1.86. The molecule has 0 rings (SSSR count). The largest absolute Gasteiger partial charge is 0.388 e. The lowest BCUT2D eigenvalue weighted by Gasteiger charge is -2.26. The number of aliphatic hydroxyl groups excluding tert-OH is 1. The third-order valence-electron chi connectivity index (χ3n) is 1.54. The normalized spacial score (nSPS) is 14.8. The predicted octanol–water partition coefficient (Wildman–Crippen LogP) is 1.21. The fraction of sp³-hybridized carbons (Fsp3) is 0.750. The molecule has 0 saturated heterocycles. The Morgan fingerprint density at radius 1 is 1.70 bits per heavy atom. The van der Waals surface area contributed by atoms with Gasteiger partial charge in [0.1, 0.15) is 0 Å². The molecule has 60 valence electrons. The van der Waals surface area contributed by atoms with Crippen molar-refractivity contribution in [2.45, 2.75) is 20.0 Å². The molecule has 0 fully saturated rings. The van der Waals surface area contributed by atoms with E-state index < -0.39 is 6.10 Å². The van der Waals surface area contributed by atoms with E-state index >= 15 is 0 Å². The van der Waals surface area contributed by atoms with Crippen LogP contribution in [-0.4, -0.2) is 24.9 Å². The zero-order valence-corrected chi connectivity index (χ0v) is 6.92. The Morgan fingerprint density at radius 2 is 2.20 bits per heavy atom. The molecule has 1 unspecified atom stereocenters. The van der Waals surface area contributed by atoms with E-state index in [1.165, 1.54) is 6.08 Å². The molecule has 2 heteroatoms. The topological polar surface area (TPSA) is 29.5 Å². The minimum atomic E-state index is -0.493. The van der Waals surface area contributed by atoms with Crippen LogP contribution in [0.25, 0.3) is 0 Å². The SMILES string of the molecule is C=CC(O)C(C)(C)COC. The first-order valence-electron chi connectivity index (χ1n) is 3.34. The van der Waals surface area contributed by atoms with E-state index in [9.17, 15) is 5.11 Å². The summed E-state index contributed by atoms with van der Waals surface area (Å²) in [6, 6.07) is 0. The summed E-state index contributed by atoms with van der Waals surface area (Å²) in [6.07, 6.45) is 1.03. The Bertz CT molecular complexity index is 108. The molecule has 1 N–H and O–H groups in total.